The summed E-state index contributed by atoms with van der Waals surface area (Å²) < 4.78 is 18.2. The molecule has 104 valence electrons. The second-order valence-electron chi connectivity index (χ2n) is 3.94. The molecule has 0 aromatic heterocycles. The van der Waals surface area contributed by atoms with E-state index in [-0.39, 0.29) is 5.82 Å². The molecule has 3 nitrogen and oxygen atoms in total. The normalized spacial score (nSPS) is 11.3. The fraction of sp³-hybridized carbons (Fsp3) is 0.133. The number of thioether (sulfide) groups is 1. The zero-order valence-electron chi connectivity index (χ0n) is 10.8. The number of rotatable bonds is 5. The standard InChI is InChI=1S/C15H15FN2OS/c16-12-6-8-14(9-7-12)19-10-11-20-15(17)18-13-4-2-1-3-5-13/h1-9H,10-11H2,(H2,17,18). The van der Waals surface area contributed by atoms with E-state index in [1.165, 1.54) is 23.9 Å². The number of ether oxygens (including phenoxy) is 1. The second-order valence-corrected chi connectivity index (χ2v) is 5.05. The molecule has 2 N–H and O–H groups in total. The average Bonchev–Trinajstić information content (AvgIpc) is 2.46. The van der Waals surface area contributed by atoms with E-state index in [1.807, 2.05) is 30.3 Å². The van der Waals surface area contributed by atoms with Gasteiger partial charge in [0.25, 0.3) is 0 Å². The highest BCUT2D eigenvalue weighted by Gasteiger charge is 1.98. The maximum atomic E-state index is 12.7. The molecule has 0 amide bonds. The van der Waals surface area contributed by atoms with Crippen molar-refractivity contribution in [2.45, 2.75) is 0 Å². The van der Waals surface area contributed by atoms with E-state index < -0.39 is 0 Å². The van der Waals surface area contributed by atoms with Crippen molar-refractivity contribution >= 4 is 22.6 Å². The van der Waals surface area contributed by atoms with Crippen LogP contribution in [0.1, 0.15) is 0 Å². The molecular weight excluding hydrogens is 275 g/mol. The molecule has 0 bridgehead atoms. The highest BCUT2D eigenvalue weighted by molar-refractivity contribution is 8.13. The van der Waals surface area contributed by atoms with E-state index in [0.717, 1.165) is 5.69 Å². The second kappa shape index (κ2) is 7.55. The number of nitrogens with two attached hydrogens (primary N) is 1. The van der Waals surface area contributed by atoms with Crippen LogP contribution in [0.15, 0.2) is 59.6 Å². The summed E-state index contributed by atoms with van der Waals surface area (Å²) in [6, 6.07) is 15.5. The first kappa shape index (κ1) is 14.4. The molecule has 5 heteroatoms. The zero-order chi connectivity index (χ0) is 14.2. The fourth-order valence-electron chi connectivity index (χ4n) is 1.50. The molecule has 0 spiro atoms. The van der Waals surface area contributed by atoms with Crippen LogP contribution in [0.4, 0.5) is 10.1 Å². The Bertz CT molecular complexity index is 558. The maximum Gasteiger partial charge on any atom is 0.159 e. The van der Waals surface area contributed by atoms with E-state index in [9.17, 15) is 4.39 Å². The third-order valence-corrected chi connectivity index (χ3v) is 3.17. The highest BCUT2D eigenvalue weighted by Crippen LogP contribution is 2.14. The van der Waals surface area contributed by atoms with Gasteiger partial charge in [-0.15, -0.1) is 0 Å². The van der Waals surface area contributed by atoms with Gasteiger partial charge in [0.2, 0.25) is 0 Å². The molecule has 20 heavy (non-hydrogen) atoms. The van der Waals surface area contributed by atoms with E-state index in [0.29, 0.717) is 23.3 Å². The molecule has 2 aromatic carbocycles. The van der Waals surface area contributed by atoms with Crippen LogP contribution in [-0.4, -0.2) is 17.5 Å². The lowest BCUT2D eigenvalue weighted by molar-refractivity contribution is 0.343. The average molecular weight is 290 g/mol. The first-order chi connectivity index (χ1) is 9.74. The van der Waals surface area contributed by atoms with Gasteiger partial charge in [-0.25, -0.2) is 9.38 Å². The fourth-order valence-corrected chi connectivity index (χ4v) is 2.04. The molecule has 0 aliphatic heterocycles. The van der Waals surface area contributed by atoms with Gasteiger partial charge in [-0.3, -0.25) is 0 Å². The van der Waals surface area contributed by atoms with Crippen molar-refractivity contribution in [3.8, 4) is 5.75 Å². The van der Waals surface area contributed by atoms with Gasteiger partial charge in [-0.2, -0.15) is 0 Å². The van der Waals surface area contributed by atoms with Crippen LogP contribution in [0, 0.1) is 5.82 Å². The van der Waals surface area contributed by atoms with Gasteiger partial charge in [0, 0.05) is 5.75 Å². The van der Waals surface area contributed by atoms with Gasteiger partial charge in [0.1, 0.15) is 11.6 Å². The van der Waals surface area contributed by atoms with Crippen LogP contribution in [0.3, 0.4) is 0 Å². The van der Waals surface area contributed by atoms with Crippen molar-refractivity contribution in [2.75, 3.05) is 12.4 Å². The minimum atomic E-state index is -0.272. The summed E-state index contributed by atoms with van der Waals surface area (Å²) in [7, 11) is 0. The Morgan fingerprint density at radius 2 is 1.80 bits per heavy atom. The lowest BCUT2D eigenvalue weighted by atomic mass is 10.3. The largest absolute Gasteiger partial charge is 0.493 e. The SMILES string of the molecule is NC(=Nc1ccccc1)SCCOc1ccc(F)cc1. The molecule has 0 saturated heterocycles. The van der Waals surface area contributed by atoms with Crippen molar-refractivity contribution in [3.05, 3.63) is 60.4 Å². The predicted molar refractivity (Wildman–Crippen MR) is 82.1 cm³/mol. The summed E-state index contributed by atoms with van der Waals surface area (Å²) in [5, 5.41) is 0.499. The quantitative estimate of drug-likeness (QED) is 0.520. The number of para-hydroxylation sites is 1. The van der Waals surface area contributed by atoms with Crippen LogP contribution in [0.25, 0.3) is 0 Å². The molecule has 0 radical (unpaired) electrons. The Labute approximate surface area is 121 Å². The summed E-state index contributed by atoms with van der Waals surface area (Å²) in [5.74, 6) is 1.05. The van der Waals surface area contributed by atoms with Crippen molar-refractivity contribution < 1.29 is 9.13 Å². The van der Waals surface area contributed by atoms with Crippen LogP contribution >= 0.6 is 11.8 Å². The van der Waals surface area contributed by atoms with Gasteiger partial charge in [0.15, 0.2) is 5.17 Å². The highest BCUT2D eigenvalue weighted by atomic mass is 32.2. The van der Waals surface area contributed by atoms with Crippen molar-refractivity contribution in [1.29, 1.82) is 0 Å². The molecule has 0 aliphatic carbocycles. The minimum Gasteiger partial charge on any atom is -0.493 e. The smallest absolute Gasteiger partial charge is 0.159 e. The van der Waals surface area contributed by atoms with Crippen LogP contribution in [0.2, 0.25) is 0 Å². The Balaban J connectivity index is 1.73. The maximum absolute atomic E-state index is 12.7. The van der Waals surface area contributed by atoms with E-state index in [2.05, 4.69) is 4.99 Å². The molecule has 0 atom stereocenters. The number of hydrogen-bond acceptors (Lipinski definition) is 3. The molecule has 2 aromatic rings. The van der Waals surface area contributed by atoms with Gasteiger partial charge >= 0.3 is 0 Å². The molecule has 0 heterocycles. The first-order valence-corrected chi connectivity index (χ1v) is 7.13. The third kappa shape index (κ3) is 4.93. The Morgan fingerprint density at radius 1 is 1.10 bits per heavy atom. The third-order valence-electron chi connectivity index (χ3n) is 2.41. The molecule has 0 aliphatic rings. The molecular formula is C15H15FN2OS. The van der Waals surface area contributed by atoms with Crippen LogP contribution in [0.5, 0.6) is 5.75 Å². The van der Waals surface area contributed by atoms with Gasteiger partial charge < -0.3 is 10.5 Å². The van der Waals surface area contributed by atoms with Gasteiger partial charge in [0.05, 0.1) is 12.3 Å². The summed E-state index contributed by atoms with van der Waals surface area (Å²) in [4.78, 5) is 4.27. The zero-order valence-corrected chi connectivity index (χ0v) is 11.6. The predicted octanol–water partition coefficient (Wildman–Crippen LogP) is 3.58. The number of hydrogen-bond donors (Lipinski definition) is 1. The van der Waals surface area contributed by atoms with E-state index in [1.54, 1.807) is 12.1 Å². The summed E-state index contributed by atoms with van der Waals surface area (Å²) in [6.07, 6.45) is 0. The molecule has 0 unspecified atom stereocenters. The van der Waals surface area contributed by atoms with Crippen LogP contribution < -0.4 is 10.5 Å². The number of aliphatic imine (C=N–C) groups is 1. The summed E-state index contributed by atoms with van der Waals surface area (Å²) in [6.45, 7) is 0.487. The summed E-state index contributed by atoms with van der Waals surface area (Å²) in [5.41, 5.74) is 6.64. The van der Waals surface area contributed by atoms with E-state index >= 15 is 0 Å². The minimum absolute atomic E-state index is 0.272. The molecule has 0 fully saturated rings. The lowest BCUT2D eigenvalue weighted by Crippen LogP contribution is -2.10. The van der Waals surface area contributed by atoms with E-state index in [4.69, 9.17) is 10.5 Å². The topological polar surface area (TPSA) is 47.6 Å². The Morgan fingerprint density at radius 3 is 2.50 bits per heavy atom. The number of benzene rings is 2. The Kier molecular flexibility index (Phi) is 5.43. The van der Waals surface area contributed by atoms with Crippen LogP contribution in [-0.2, 0) is 0 Å². The first-order valence-electron chi connectivity index (χ1n) is 6.14. The lowest BCUT2D eigenvalue weighted by Gasteiger charge is -2.05. The Hall–Kier alpha value is -2.01. The number of halogens is 1. The number of amidine groups is 1. The monoisotopic (exact) mass is 290 g/mol. The molecule has 0 saturated carbocycles. The van der Waals surface area contributed by atoms with Gasteiger partial charge in [-0.05, 0) is 36.4 Å². The van der Waals surface area contributed by atoms with Crippen molar-refractivity contribution in [2.24, 2.45) is 10.7 Å². The molecule has 2 rings (SSSR count). The van der Waals surface area contributed by atoms with Crippen molar-refractivity contribution in [3.63, 3.8) is 0 Å². The summed E-state index contributed by atoms with van der Waals surface area (Å²) >= 11 is 1.42. The van der Waals surface area contributed by atoms with Crippen molar-refractivity contribution in [1.82, 2.24) is 0 Å². The number of nitrogens with zero attached hydrogens (tertiary/aromatic N) is 1. The van der Waals surface area contributed by atoms with Gasteiger partial charge in [-0.1, -0.05) is 30.0 Å².